The summed E-state index contributed by atoms with van der Waals surface area (Å²) in [5.41, 5.74) is 0.694. The highest BCUT2D eigenvalue weighted by Gasteiger charge is 2.50. The lowest BCUT2D eigenvalue weighted by atomic mass is 9.85. The van der Waals surface area contributed by atoms with Crippen LogP contribution in [0.25, 0.3) is 27.4 Å². The summed E-state index contributed by atoms with van der Waals surface area (Å²) in [4.78, 5) is 26.0. The number of halogens is 2. The van der Waals surface area contributed by atoms with Crippen LogP contribution >= 0.6 is 0 Å². The molecule has 2 aliphatic carbocycles. The Balaban J connectivity index is 1.70. The third-order valence-electron chi connectivity index (χ3n) is 6.62. The number of nitrogens with zero attached hydrogens (tertiary/aromatic N) is 1. The average molecular weight is 445 g/mol. The fourth-order valence-electron chi connectivity index (χ4n) is 4.82. The minimum atomic E-state index is -1.27. The van der Waals surface area contributed by atoms with Gasteiger partial charge in [0.2, 0.25) is 0 Å². The average Bonchev–Trinajstić information content (AvgIpc) is 3.25. The summed E-state index contributed by atoms with van der Waals surface area (Å²) < 4.78 is 35.5. The molecular formula is C26H17F2NO4. The van der Waals surface area contributed by atoms with E-state index in [0.29, 0.717) is 34.9 Å². The van der Waals surface area contributed by atoms with Crippen molar-refractivity contribution in [1.82, 2.24) is 4.57 Å². The van der Waals surface area contributed by atoms with Crippen LogP contribution in [0.3, 0.4) is 0 Å². The molecule has 1 N–H and O–H groups in total. The smallest absolute Gasteiger partial charge is 0.353 e. The zero-order chi connectivity index (χ0) is 22.9. The molecule has 0 atom stereocenters. The lowest BCUT2D eigenvalue weighted by Crippen LogP contribution is -2.20. The Kier molecular flexibility index (Phi) is 4.02. The largest absolute Gasteiger partial charge is 0.477 e. The van der Waals surface area contributed by atoms with Crippen molar-refractivity contribution in [1.29, 1.82) is 0 Å². The predicted octanol–water partition coefficient (Wildman–Crippen LogP) is 5.71. The molecule has 164 valence electrons. The fraction of sp³-hybridized carbons (Fsp3) is 0.154. The third-order valence-corrected chi connectivity index (χ3v) is 6.62. The summed E-state index contributed by atoms with van der Waals surface area (Å²) in [7, 11) is 0. The van der Waals surface area contributed by atoms with Crippen LogP contribution in [-0.4, -0.2) is 21.4 Å². The van der Waals surface area contributed by atoms with E-state index in [0.717, 1.165) is 23.6 Å². The molecule has 0 aliphatic heterocycles. The maximum atomic E-state index is 14.5. The van der Waals surface area contributed by atoms with E-state index in [2.05, 4.69) is 0 Å². The van der Waals surface area contributed by atoms with Crippen LogP contribution in [0.1, 0.15) is 34.5 Å². The zero-order valence-corrected chi connectivity index (χ0v) is 17.3. The summed E-state index contributed by atoms with van der Waals surface area (Å²) in [6.45, 7) is -0.226. The summed E-state index contributed by atoms with van der Waals surface area (Å²) in [6, 6.07) is 8.31. The Morgan fingerprint density at radius 3 is 2.73 bits per heavy atom. The summed E-state index contributed by atoms with van der Waals surface area (Å²) in [6.07, 6.45) is 8.20. The number of carbonyl (C=O) groups excluding carboxylic acids is 1. The van der Waals surface area contributed by atoms with Gasteiger partial charge in [-0.1, -0.05) is 18.2 Å². The highest BCUT2D eigenvalue weighted by Crippen LogP contribution is 2.53. The van der Waals surface area contributed by atoms with Crippen LogP contribution in [0.5, 0.6) is 0 Å². The Morgan fingerprint density at radius 1 is 1.15 bits per heavy atom. The van der Waals surface area contributed by atoms with Crippen molar-refractivity contribution >= 4 is 39.2 Å². The molecule has 2 heterocycles. The van der Waals surface area contributed by atoms with Crippen LogP contribution < -0.4 is 0 Å². The molecule has 0 bridgehead atoms. The van der Waals surface area contributed by atoms with Gasteiger partial charge in [-0.15, -0.1) is 0 Å². The number of aromatic nitrogens is 1. The van der Waals surface area contributed by atoms with Gasteiger partial charge >= 0.3 is 5.97 Å². The van der Waals surface area contributed by atoms with Crippen molar-refractivity contribution in [3.05, 3.63) is 89.3 Å². The second-order valence-corrected chi connectivity index (χ2v) is 8.57. The lowest BCUT2D eigenvalue weighted by molar-refractivity contribution is -0.117. The molecule has 1 saturated carbocycles. The van der Waals surface area contributed by atoms with Gasteiger partial charge < -0.3 is 14.1 Å². The number of ketones is 1. The highest BCUT2D eigenvalue weighted by molar-refractivity contribution is 6.32. The van der Waals surface area contributed by atoms with Crippen LogP contribution in [0.15, 0.2) is 65.3 Å². The summed E-state index contributed by atoms with van der Waals surface area (Å²) in [5, 5.41) is 11.5. The Morgan fingerprint density at radius 2 is 1.97 bits per heavy atom. The molecule has 33 heavy (non-hydrogen) atoms. The van der Waals surface area contributed by atoms with E-state index in [4.69, 9.17) is 4.42 Å². The number of aromatic carboxylic acids is 1. The van der Waals surface area contributed by atoms with Crippen LogP contribution in [-0.2, 0) is 11.3 Å². The highest BCUT2D eigenvalue weighted by atomic mass is 19.1. The first-order valence-electron chi connectivity index (χ1n) is 10.5. The lowest BCUT2D eigenvalue weighted by Gasteiger charge is -2.17. The third kappa shape index (κ3) is 2.81. The molecule has 5 nitrogen and oxygen atoms in total. The van der Waals surface area contributed by atoms with Gasteiger partial charge in [0.1, 0.15) is 22.9 Å². The molecule has 6 rings (SSSR count). The Bertz CT molecular complexity index is 1570. The fourth-order valence-corrected chi connectivity index (χ4v) is 4.82. The van der Waals surface area contributed by atoms with E-state index >= 15 is 0 Å². The van der Waals surface area contributed by atoms with Gasteiger partial charge in [-0.2, -0.15) is 0 Å². The van der Waals surface area contributed by atoms with E-state index in [9.17, 15) is 23.5 Å². The van der Waals surface area contributed by atoms with E-state index in [1.165, 1.54) is 10.8 Å². The number of hydrogen-bond donors (Lipinski definition) is 1. The zero-order valence-electron chi connectivity index (χ0n) is 17.3. The van der Waals surface area contributed by atoms with Gasteiger partial charge in [-0.3, -0.25) is 4.79 Å². The number of carbonyl (C=O) groups is 2. The molecule has 0 unspecified atom stereocenters. The molecular weight excluding hydrogens is 428 g/mol. The maximum Gasteiger partial charge on any atom is 0.353 e. The molecule has 2 aliphatic rings. The number of benzene rings is 2. The first-order chi connectivity index (χ1) is 15.9. The van der Waals surface area contributed by atoms with Crippen LogP contribution in [0.2, 0.25) is 0 Å². The van der Waals surface area contributed by atoms with Crippen LogP contribution in [0, 0.1) is 17.0 Å². The number of furan rings is 1. The minimum Gasteiger partial charge on any atom is -0.477 e. The Labute approximate surface area is 186 Å². The maximum absolute atomic E-state index is 14.5. The molecule has 0 saturated heterocycles. The topological polar surface area (TPSA) is 72.4 Å². The molecule has 0 radical (unpaired) electrons. The van der Waals surface area contributed by atoms with Gasteiger partial charge in [0.15, 0.2) is 5.78 Å². The summed E-state index contributed by atoms with van der Waals surface area (Å²) >= 11 is 0. The normalized spacial score (nSPS) is 16.7. The molecule has 1 spiro atoms. The van der Waals surface area contributed by atoms with Crippen LogP contribution in [0.4, 0.5) is 8.78 Å². The van der Waals surface area contributed by atoms with Crippen molar-refractivity contribution in [2.45, 2.75) is 19.4 Å². The molecule has 2 aromatic carbocycles. The van der Waals surface area contributed by atoms with E-state index in [1.807, 2.05) is 6.08 Å². The standard InChI is InChI=1S/C26H17F2NO4/c27-16-4-5-18(28)15(12-16)13-29-19-6-3-14-7-11-33-23(14)21(19)20(22(29)25(31)32)17-2-1-8-26(9-10-26)24(17)30/h1-8,11-12H,9-10,13H2,(H,31,32). The predicted molar refractivity (Wildman–Crippen MR) is 118 cm³/mol. The van der Waals surface area contributed by atoms with E-state index < -0.39 is 23.0 Å². The van der Waals surface area contributed by atoms with E-state index in [-0.39, 0.29) is 29.1 Å². The first kappa shape index (κ1) is 19.7. The quantitative estimate of drug-likeness (QED) is 0.436. The number of allylic oxidation sites excluding steroid dienone is 4. The van der Waals surface area contributed by atoms with Gasteiger partial charge in [-0.05, 0) is 49.2 Å². The van der Waals surface area contributed by atoms with Gasteiger partial charge in [0, 0.05) is 22.1 Å². The number of rotatable bonds is 4. The number of fused-ring (bicyclic) bond motifs is 3. The monoisotopic (exact) mass is 445 g/mol. The van der Waals surface area contributed by atoms with Crippen molar-refractivity contribution in [3.63, 3.8) is 0 Å². The first-order valence-corrected chi connectivity index (χ1v) is 10.5. The second-order valence-electron chi connectivity index (χ2n) is 8.57. The number of hydrogen-bond acceptors (Lipinski definition) is 3. The minimum absolute atomic E-state index is 0.00278. The number of Topliss-reactive ketones (excluding diaryl/α,β-unsaturated/α-hetero) is 1. The van der Waals surface area contributed by atoms with Crippen molar-refractivity contribution in [2.75, 3.05) is 0 Å². The van der Waals surface area contributed by atoms with Crippen molar-refractivity contribution < 1.29 is 27.9 Å². The van der Waals surface area contributed by atoms with Crippen molar-refractivity contribution in [3.8, 4) is 0 Å². The van der Waals surface area contributed by atoms with Crippen molar-refractivity contribution in [2.24, 2.45) is 5.41 Å². The molecule has 0 amide bonds. The number of carboxylic acids is 1. The second kappa shape index (κ2) is 6.75. The summed E-state index contributed by atoms with van der Waals surface area (Å²) in [5.74, 6) is -2.68. The molecule has 1 fully saturated rings. The van der Waals surface area contributed by atoms with Gasteiger partial charge in [0.05, 0.1) is 29.1 Å². The Hall–Kier alpha value is -4.00. The molecule has 2 aromatic heterocycles. The molecule has 4 aromatic rings. The van der Waals surface area contributed by atoms with E-state index in [1.54, 1.807) is 30.4 Å². The van der Waals surface area contributed by atoms with Gasteiger partial charge in [0.25, 0.3) is 0 Å². The van der Waals surface area contributed by atoms with Gasteiger partial charge in [-0.25, -0.2) is 13.6 Å². The number of carboxylic acid groups (broad SMARTS) is 1. The SMILES string of the molecule is O=C(O)c1c(C2=CC=CC3(CC3)C2=O)c2c3occc3ccc2n1Cc1cc(F)ccc1F. The molecule has 7 heteroatoms.